The van der Waals surface area contributed by atoms with Crippen LogP contribution in [0.4, 0.5) is 0 Å². The minimum absolute atomic E-state index is 0.0498. The van der Waals surface area contributed by atoms with E-state index in [4.69, 9.17) is 5.73 Å². The third kappa shape index (κ3) is 3.18. The lowest BCUT2D eigenvalue weighted by molar-refractivity contribution is 0.308. The average Bonchev–Trinajstić information content (AvgIpc) is 1.60. The second-order valence-electron chi connectivity index (χ2n) is 3.81. The van der Waals surface area contributed by atoms with E-state index in [1.165, 1.54) is 0 Å². The predicted octanol–water partition coefficient (Wildman–Crippen LogP) is 1.11. The first-order valence-electron chi connectivity index (χ1n) is 3.89. The fourth-order valence-electron chi connectivity index (χ4n) is 0.875. The molecule has 0 aliphatic carbocycles. The maximum Gasteiger partial charge on any atom is 0.0275 e. The molecule has 10 heavy (non-hydrogen) atoms. The third-order valence-corrected chi connectivity index (χ3v) is 1.80. The Bertz CT molecular complexity index is 95.4. The van der Waals surface area contributed by atoms with Crippen LogP contribution in [0.15, 0.2) is 0 Å². The Hall–Kier alpha value is -0.0800. The minimum atomic E-state index is 0.0498. The standard InChI is InChI=1S/C8H20N2/c1-6(2)10-8(4,5)7(3)9/h6-7,10H,9H2,1-5H3. The first-order valence-corrected chi connectivity index (χ1v) is 3.89. The van der Waals surface area contributed by atoms with Crippen molar-refractivity contribution in [3.8, 4) is 0 Å². The maximum atomic E-state index is 5.76. The monoisotopic (exact) mass is 144 g/mol. The Balaban J connectivity index is 3.87. The van der Waals surface area contributed by atoms with Crippen LogP contribution in [0.1, 0.15) is 34.6 Å². The molecule has 1 atom stereocenters. The molecule has 1 unspecified atom stereocenters. The van der Waals surface area contributed by atoms with Crippen molar-refractivity contribution in [1.29, 1.82) is 0 Å². The number of hydrogen-bond acceptors (Lipinski definition) is 2. The van der Waals surface area contributed by atoms with E-state index in [-0.39, 0.29) is 11.6 Å². The Morgan fingerprint density at radius 2 is 1.60 bits per heavy atom. The van der Waals surface area contributed by atoms with Crippen molar-refractivity contribution in [2.45, 2.75) is 52.2 Å². The molecular weight excluding hydrogens is 124 g/mol. The zero-order valence-corrected chi connectivity index (χ0v) is 7.73. The molecule has 0 radical (unpaired) electrons. The highest BCUT2D eigenvalue weighted by Gasteiger charge is 2.22. The van der Waals surface area contributed by atoms with Crippen molar-refractivity contribution in [3.63, 3.8) is 0 Å². The molecule has 0 amide bonds. The molecule has 2 nitrogen and oxygen atoms in total. The van der Waals surface area contributed by atoms with Crippen molar-refractivity contribution in [2.24, 2.45) is 5.73 Å². The summed E-state index contributed by atoms with van der Waals surface area (Å²) >= 11 is 0. The van der Waals surface area contributed by atoms with Crippen LogP contribution in [0.3, 0.4) is 0 Å². The van der Waals surface area contributed by atoms with Crippen molar-refractivity contribution in [1.82, 2.24) is 5.32 Å². The van der Waals surface area contributed by atoms with E-state index in [1.807, 2.05) is 6.92 Å². The minimum Gasteiger partial charge on any atom is -0.326 e. The molecule has 0 fully saturated rings. The van der Waals surface area contributed by atoms with E-state index in [2.05, 4.69) is 33.0 Å². The maximum absolute atomic E-state index is 5.76. The van der Waals surface area contributed by atoms with E-state index >= 15 is 0 Å². The molecule has 62 valence electrons. The first-order chi connectivity index (χ1) is 4.36. The van der Waals surface area contributed by atoms with Gasteiger partial charge in [-0.3, -0.25) is 0 Å². The summed E-state index contributed by atoms with van der Waals surface area (Å²) in [5, 5.41) is 3.39. The van der Waals surface area contributed by atoms with Gasteiger partial charge in [-0.1, -0.05) is 13.8 Å². The van der Waals surface area contributed by atoms with E-state index in [9.17, 15) is 0 Å². The summed E-state index contributed by atoms with van der Waals surface area (Å²) in [6.45, 7) is 10.5. The van der Waals surface area contributed by atoms with Crippen LogP contribution < -0.4 is 11.1 Å². The highest BCUT2D eigenvalue weighted by atomic mass is 15.0. The van der Waals surface area contributed by atoms with E-state index < -0.39 is 0 Å². The van der Waals surface area contributed by atoms with Crippen LogP contribution in [-0.4, -0.2) is 17.6 Å². The van der Waals surface area contributed by atoms with Crippen LogP contribution in [0.5, 0.6) is 0 Å². The lowest BCUT2D eigenvalue weighted by Gasteiger charge is -2.32. The molecule has 0 aromatic heterocycles. The van der Waals surface area contributed by atoms with Gasteiger partial charge >= 0.3 is 0 Å². The molecular formula is C8H20N2. The topological polar surface area (TPSA) is 38.0 Å². The summed E-state index contributed by atoms with van der Waals surface area (Å²) in [5.74, 6) is 0. The molecule has 0 aromatic carbocycles. The van der Waals surface area contributed by atoms with Crippen LogP contribution in [0.2, 0.25) is 0 Å². The normalized spacial score (nSPS) is 15.9. The zero-order chi connectivity index (χ0) is 8.36. The molecule has 0 bridgehead atoms. The van der Waals surface area contributed by atoms with Gasteiger partial charge in [-0.15, -0.1) is 0 Å². The lowest BCUT2D eigenvalue weighted by Crippen LogP contribution is -2.54. The smallest absolute Gasteiger partial charge is 0.0275 e. The van der Waals surface area contributed by atoms with Crippen LogP contribution in [-0.2, 0) is 0 Å². The third-order valence-electron chi connectivity index (χ3n) is 1.80. The van der Waals surface area contributed by atoms with Crippen molar-refractivity contribution < 1.29 is 0 Å². The summed E-state index contributed by atoms with van der Waals surface area (Å²) in [6.07, 6.45) is 0. The fourth-order valence-corrected chi connectivity index (χ4v) is 0.875. The second-order valence-corrected chi connectivity index (χ2v) is 3.81. The highest BCUT2D eigenvalue weighted by Crippen LogP contribution is 2.06. The van der Waals surface area contributed by atoms with Gasteiger partial charge in [-0.2, -0.15) is 0 Å². The Morgan fingerprint density at radius 3 is 1.70 bits per heavy atom. The number of nitrogens with two attached hydrogens (primary N) is 1. The van der Waals surface area contributed by atoms with Crippen LogP contribution in [0, 0.1) is 0 Å². The largest absolute Gasteiger partial charge is 0.326 e. The number of rotatable bonds is 3. The van der Waals surface area contributed by atoms with Gasteiger partial charge in [0.1, 0.15) is 0 Å². The van der Waals surface area contributed by atoms with Crippen LogP contribution in [0.25, 0.3) is 0 Å². The van der Waals surface area contributed by atoms with Crippen molar-refractivity contribution in [3.05, 3.63) is 0 Å². The molecule has 3 N–H and O–H groups in total. The van der Waals surface area contributed by atoms with Gasteiger partial charge in [0, 0.05) is 17.6 Å². The Labute approximate surface area is 64.2 Å². The first kappa shape index (κ1) is 9.92. The molecule has 0 spiro atoms. The molecule has 0 heterocycles. The van der Waals surface area contributed by atoms with Gasteiger partial charge in [-0.25, -0.2) is 0 Å². The summed E-state index contributed by atoms with van der Waals surface area (Å²) in [6, 6.07) is 0.691. The molecule has 0 rings (SSSR count). The lowest BCUT2D eigenvalue weighted by atomic mass is 9.96. The van der Waals surface area contributed by atoms with E-state index in [0.29, 0.717) is 6.04 Å². The van der Waals surface area contributed by atoms with Gasteiger partial charge in [0.2, 0.25) is 0 Å². The van der Waals surface area contributed by atoms with Gasteiger partial charge < -0.3 is 11.1 Å². The summed E-state index contributed by atoms with van der Waals surface area (Å²) in [5.41, 5.74) is 5.81. The summed E-state index contributed by atoms with van der Waals surface area (Å²) in [4.78, 5) is 0. The van der Waals surface area contributed by atoms with Gasteiger partial charge in [0.15, 0.2) is 0 Å². The molecule has 0 aliphatic rings. The quantitative estimate of drug-likeness (QED) is 0.622. The van der Waals surface area contributed by atoms with E-state index in [1.54, 1.807) is 0 Å². The van der Waals surface area contributed by atoms with Gasteiger partial charge in [0.05, 0.1) is 0 Å². The predicted molar refractivity (Wildman–Crippen MR) is 46.0 cm³/mol. The molecule has 0 saturated carbocycles. The fraction of sp³-hybridized carbons (Fsp3) is 1.00. The highest BCUT2D eigenvalue weighted by molar-refractivity contribution is 4.87. The second kappa shape index (κ2) is 3.35. The Kier molecular flexibility index (Phi) is 3.33. The molecule has 2 heteroatoms. The number of nitrogens with one attached hydrogen (secondary N) is 1. The molecule has 0 saturated heterocycles. The molecule has 0 aromatic rings. The SMILES string of the molecule is CC(C)NC(C)(C)C(C)N. The average molecular weight is 144 g/mol. The summed E-state index contributed by atoms with van der Waals surface area (Å²) in [7, 11) is 0. The molecule has 0 aliphatic heterocycles. The zero-order valence-electron chi connectivity index (χ0n) is 7.73. The summed E-state index contributed by atoms with van der Waals surface area (Å²) < 4.78 is 0. The van der Waals surface area contributed by atoms with E-state index in [0.717, 1.165) is 0 Å². The van der Waals surface area contributed by atoms with Crippen LogP contribution >= 0.6 is 0 Å². The number of hydrogen-bond donors (Lipinski definition) is 2. The van der Waals surface area contributed by atoms with Gasteiger partial charge in [0.25, 0.3) is 0 Å². The van der Waals surface area contributed by atoms with Crippen molar-refractivity contribution >= 4 is 0 Å². The Morgan fingerprint density at radius 1 is 1.20 bits per heavy atom. The van der Waals surface area contributed by atoms with Gasteiger partial charge in [-0.05, 0) is 20.8 Å². The van der Waals surface area contributed by atoms with Crippen molar-refractivity contribution in [2.75, 3.05) is 0 Å².